The minimum atomic E-state index is -0.474. The molecule has 2 aromatic rings. The Balaban J connectivity index is 1.50. The highest BCUT2D eigenvalue weighted by molar-refractivity contribution is 6.02. The molecule has 1 fully saturated rings. The van der Waals surface area contributed by atoms with E-state index in [0.29, 0.717) is 37.1 Å². The fraction of sp³-hybridized carbons (Fsp3) is 0.294. The van der Waals surface area contributed by atoms with Crippen molar-refractivity contribution in [1.82, 2.24) is 10.2 Å². The standard InChI is InChI=1S/C17H17N3O3/c21-15-13-3-1-2-4-14(13)18-17(19-15)6-8-20(9-7-17)16(22)12-5-10-23-11-12/h1-5,10-11,18H,6-9H2,(H,19,21). The number of carbonyl (C=O) groups excluding carboxylic acids is 2. The van der Waals surface area contributed by atoms with E-state index in [4.69, 9.17) is 4.42 Å². The molecular weight excluding hydrogens is 294 g/mol. The van der Waals surface area contributed by atoms with Gasteiger partial charge in [0.1, 0.15) is 11.9 Å². The van der Waals surface area contributed by atoms with Crippen molar-refractivity contribution in [2.75, 3.05) is 18.4 Å². The van der Waals surface area contributed by atoms with Gasteiger partial charge < -0.3 is 20.0 Å². The molecule has 0 bridgehead atoms. The zero-order valence-electron chi connectivity index (χ0n) is 12.5. The van der Waals surface area contributed by atoms with E-state index in [0.717, 1.165) is 5.69 Å². The summed E-state index contributed by atoms with van der Waals surface area (Å²) in [5, 5.41) is 6.52. The molecule has 0 atom stereocenters. The molecule has 2 amide bonds. The second-order valence-electron chi connectivity index (χ2n) is 6.01. The van der Waals surface area contributed by atoms with Gasteiger partial charge in [0.25, 0.3) is 11.8 Å². The highest BCUT2D eigenvalue weighted by Gasteiger charge is 2.41. The van der Waals surface area contributed by atoms with Crippen LogP contribution in [0.2, 0.25) is 0 Å². The molecule has 23 heavy (non-hydrogen) atoms. The number of rotatable bonds is 1. The highest BCUT2D eigenvalue weighted by Crippen LogP contribution is 2.31. The number of benzene rings is 1. The zero-order valence-corrected chi connectivity index (χ0v) is 12.5. The number of hydrogen-bond donors (Lipinski definition) is 2. The number of fused-ring (bicyclic) bond motifs is 1. The van der Waals surface area contributed by atoms with Crippen LogP contribution in [-0.2, 0) is 0 Å². The number of furan rings is 1. The molecule has 3 heterocycles. The Bertz CT molecular complexity index is 746. The summed E-state index contributed by atoms with van der Waals surface area (Å²) in [6, 6.07) is 9.16. The summed E-state index contributed by atoms with van der Waals surface area (Å²) in [5.74, 6) is -0.0925. The molecule has 1 spiro atoms. The number of amides is 2. The Kier molecular flexibility index (Phi) is 3.11. The number of carbonyl (C=O) groups is 2. The fourth-order valence-corrected chi connectivity index (χ4v) is 3.27. The lowest BCUT2D eigenvalue weighted by Crippen LogP contribution is -2.62. The Hall–Kier alpha value is -2.76. The van der Waals surface area contributed by atoms with Crippen LogP contribution in [0.25, 0.3) is 0 Å². The molecule has 1 saturated heterocycles. The van der Waals surface area contributed by atoms with E-state index in [-0.39, 0.29) is 11.8 Å². The number of piperidine rings is 1. The Morgan fingerprint density at radius 2 is 1.91 bits per heavy atom. The average Bonchev–Trinajstić information content (AvgIpc) is 3.09. The highest BCUT2D eigenvalue weighted by atomic mass is 16.3. The molecule has 2 N–H and O–H groups in total. The molecule has 0 unspecified atom stereocenters. The molecular formula is C17H17N3O3. The molecule has 6 heteroatoms. The van der Waals surface area contributed by atoms with Crippen LogP contribution in [0.3, 0.4) is 0 Å². The molecule has 118 valence electrons. The van der Waals surface area contributed by atoms with Gasteiger partial charge in [0, 0.05) is 31.6 Å². The number of nitrogens with zero attached hydrogens (tertiary/aromatic N) is 1. The number of para-hydroxylation sites is 1. The van der Waals surface area contributed by atoms with Crippen LogP contribution in [0.5, 0.6) is 0 Å². The van der Waals surface area contributed by atoms with Crippen LogP contribution < -0.4 is 10.6 Å². The van der Waals surface area contributed by atoms with E-state index >= 15 is 0 Å². The van der Waals surface area contributed by atoms with Crippen LogP contribution in [0, 0.1) is 0 Å². The summed E-state index contributed by atoms with van der Waals surface area (Å²) in [6.45, 7) is 1.17. The van der Waals surface area contributed by atoms with Gasteiger partial charge in [-0.1, -0.05) is 12.1 Å². The van der Waals surface area contributed by atoms with E-state index in [1.807, 2.05) is 24.3 Å². The minimum absolute atomic E-state index is 0.0314. The van der Waals surface area contributed by atoms with Crippen LogP contribution >= 0.6 is 0 Å². The molecule has 1 aromatic heterocycles. The Morgan fingerprint density at radius 1 is 1.13 bits per heavy atom. The second kappa shape index (κ2) is 5.15. The van der Waals surface area contributed by atoms with Crippen LogP contribution in [0.15, 0.2) is 47.3 Å². The maximum atomic E-state index is 12.4. The largest absolute Gasteiger partial charge is 0.472 e. The second-order valence-corrected chi connectivity index (χ2v) is 6.01. The third kappa shape index (κ3) is 2.36. The molecule has 1 aromatic carbocycles. The number of anilines is 1. The lowest BCUT2D eigenvalue weighted by molar-refractivity contribution is 0.0639. The fourth-order valence-electron chi connectivity index (χ4n) is 3.27. The summed E-state index contributed by atoms with van der Waals surface area (Å²) in [6.07, 6.45) is 4.29. The monoisotopic (exact) mass is 311 g/mol. The first-order valence-corrected chi connectivity index (χ1v) is 7.68. The van der Waals surface area contributed by atoms with E-state index in [9.17, 15) is 9.59 Å². The van der Waals surface area contributed by atoms with Gasteiger partial charge in [0.15, 0.2) is 0 Å². The first kappa shape index (κ1) is 13.9. The van der Waals surface area contributed by atoms with Crippen molar-refractivity contribution >= 4 is 17.5 Å². The smallest absolute Gasteiger partial charge is 0.257 e. The topological polar surface area (TPSA) is 74.6 Å². The summed E-state index contributed by atoms with van der Waals surface area (Å²) in [7, 11) is 0. The van der Waals surface area contributed by atoms with E-state index in [1.165, 1.54) is 12.5 Å². The van der Waals surface area contributed by atoms with Crippen LogP contribution in [0.1, 0.15) is 33.6 Å². The molecule has 0 radical (unpaired) electrons. The van der Waals surface area contributed by atoms with Gasteiger partial charge in [-0.2, -0.15) is 0 Å². The summed E-state index contributed by atoms with van der Waals surface area (Å²) in [4.78, 5) is 26.5. The van der Waals surface area contributed by atoms with Crippen molar-refractivity contribution in [3.63, 3.8) is 0 Å². The summed E-state index contributed by atoms with van der Waals surface area (Å²) in [5.41, 5.74) is 1.60. The lowest BCUT2D eigenvalue weighted by Gasteiger charge is -2.45. The first-order valence-electron chi connectivity index (χ1n) is 7.68. The maximum Gasteiger partial charge on any atom is 0.257 e. The van der Waals surface area contributed by atoms with Crippen molar-refractivity contribution in [2.24, 2.45) is 0 Å². The van der Waals surface area contributed by atoms with Crippen molar-refractivity contribution < 1.29 is 14.0 Å². The van der Waals surface area contributed by atoms with Crippen molar-refractivity contribution in [3.05, 3.63) is 54.0 Å². The lowest BCUT2D eigenvalue weighted by atomic mass is 9.92. The molecule has 2 aliphatic heterocycles. The van der Waals surface area contributed by atoms with Gasteiger partial charge in [0.2, 0.25) is 0 Å². The maximum absolute atomic E-state index is 12.4. The molecule has 4 rings (SSSR count). The normalized spacial score (nSPS) is 19.0. The third-order valence-corrected chi connectivity index (χ3v) is 4.57. The zero-order chi connectivity index (χ0) is 15.9. The molecule has 6 nitrogen and oxygen atoms in total. The molecule has 0 aliphatic carbocycles. The van der Waals surface area contributed by atoms with Crippen molar-refractivity contribution in [1.29, 1.82) is 0 Å². The molecule has 0 saturated carbocycles. The van der Waals surface area contributed by atoms with Crippen molar-refractivity contribution in [2.45, 2.75) is 18.5 Å². The Morgan fingerprint density at radius 3 is 2.65 bits per heavy atom. The van der Waals surface area contributed by atoms with Gasteiger partial charge in [-0.3, -0.25) is 9.59 Å². The predicted molar refractivity (Wildman–Crippen MR) is 84.1 cm³/mol. The summed E-state index contributed by atoms with van der Waals surface area (Å²) >= 11 is 0. The predicted octanol–water partition coefficient (Wildman–Crippen LogP) is 2.07. The first-order chi connectivity index (χ1) is 11.2. The number of likely N-dealkylation sites (tertiary alicyclic amines) is 1. The van der Waals surface area contributed by atoms with Gasteiger partial charge in [-0.15, -0.1) is 0 Å². The minimum Gasteiger partial charge on any atom is -0.472 e. The Labute approximate surface area is 133 Å². The average molecular weight is 311 g/mol. The van der Waals surface area contributed by atoms with Crippen LogP contribution in [-0.4, -0.2) is 35.5 Å². The van der Waals surface area contributed by atoms with Gasteiger partial charge >= 0.3 is 0 Å². The third-order valence-electron chi connectivity index (χ3n) is 4.57. The van der Waals surface area contributed by atoms with Gasteiger partial charge in [-0.25, -0.2) is 0 Å². The van der Waals surface area contributed by atoms with E-state index in [1.54, 1.807) is 11.0 Å². The van der Waals surface area contributed by atoms with Crippen molar-refractivity contribution in [3.8, 4) is 0 Å². The SMILES string of the molecule is O=C1NC2(CCN(C(=O)c3ccoc3)CC2)Nc2ccccc21. The number of nitrogens with one attached hydrogen (secondary N) is 2. The van der Waals surface area contributed by atoms with E-state index in [2.05, 4.69) is 10.6 Å². The van der Waals surface area contributed by atoms with Gasteiger partial charge in [-0.05, 0) is 18.2 Å². The summed E-state index contributed by atoms with van der Waals surface area (Å²) < 4.78 is 4.97. The quantitative estimate of drug-likeness (QED) is 0.845. The van der Waals surface area contributed by atoms with Crippen LogP contribution in [0.4, 0.5) is 5.69 Å². The molecule has 2 aliphatic rings. The van der Waals surface area contributed by atoms with E-state index < -0.39 is 5.66 Å². The number of hydrogen-bond acceptors (Lipinski definition) is 4. The van der Waals surface area contributed by atoms with Gasteiger partial charge in [0.05, 0.1) is 17.4 Å².